The van der Waals surface area contributed by atoms with Crippen molar-refractivity contribution in [3.63, 3.8) is 0 Å². The molecule has 1 aromatic heterocycles. The Morgan fingerprint density at radius 3 is 2.86 bits per heavy atom. The summed E-state index contributed by atoms with van der Waals surface area (Å²) in [6, 6.07) is 4.50. The predicted octanol–water partition coefficient (Wildman–Crippen LogP) is 1.57. The third kappa shape index (κ3) is 3.66. The average Bonchev–Trinajstić information content (AvgIpc) is 2.44. The molecule has 0 aliphatic rings. The van der Waals surface area contributed by atoms with Crippen LogP contribution < -0.4 is 5.49 Å². The third-order valence-corrected chi connectivity index (χ3v) is 4.05. The normalized spacial score (nSPS) is 12.6. The molecule has 112 valence electrons. The summed E-state index contributed by atoms with van der Waals surface area (Å²) in [6.07, 6.45) is 2.79. The zero-order valence-electron chi connectivity index (χ0n) is 10.9. The quantitative estimate of drug-likeness (QED) is 0.852. The highest BCUT2D eigenvalue weighted by molar-refractivity contribution is 7.90. The molecule has 9 heteroatoms. The van der Waals surface area contributed by atoms with E-state index in [4.69, 9.17) is 16.3 Å². The summed E-state index contributed by atoms with van der Waals surface area (Å²) in [5.74, 6) is -0.700. The lowest BCUT2D eigenvalue weighted by atomic mass is 10.3. The van der Waals surface area contributed by atoms with Gasteiger partial charge < -0.3 is 4.74 Å². The van der Waals surface area contributed by atoms with Crippen molar-refractivity contribution in [2.75, 3.05) is 7.11 Å². The second kappa shape index (κ2) is 6.33. The van der Waals surface area contributed by atoms with Gasteiger partial charge >= 0.3 is 0 Å². The van der Waals surface area contributed by atoms with E-state index in [9.17, 15) is 12.8 Å². The van der Waals surface area contributed by atoms with Crippen molar-refractivity contribution >= 4 is 21.6 Å². The number of nitrogens with zero attached hydrogens (tertiary/aromatic N) is 3. The number of hydrogen-bond donors (Lipinski definition) is 0. The standard InChI is InChI=1S/C12H11ClFN3O3S/c1-20-8-17-7-15-5-4-12(17)16-21(18,19)9-2-3-11(14)10(13)6-9/h2-7H,8H2,1H3. The molecule has 0 N–H and O–H groups in total. The van der Waals surface area contributed by atoms with Crippen LogP contribution in [0.2, 0.25) is 5.02 Å². The highest BCUT2D eigenvalue weighted by Gasteiger charge is 2.15. The molecule has 2 rings (SSSR count). The van der Waals surface area contributed by atoms with Gasteiger partial charge in [0.1, 0.15) is 12.5 Å². The van der Waals surface area contributed by atoms with Crippen LogP contribution in [0, 0.1) is 5.82 Å². The van der Waals surface area contributed by atoms with Crippen molar-refractivity contribution in [3.8, 4) is 0 Å². The molecule has 0 saturated heterocycles. The van der Waals surface area contributed by atoms with Gasteiger partial charge in [0.05, 0.1) is 16.2 Å². The SMILES string of the molecule is COCn1cnccc1=NS(=O)(=O)c1ccc(F)c(Cl)c1. The Balaban J connectivity index is 2.55. The number of ether oxygens (including phenoxy) is 1. The van der Waals surface area contributed by atoms with Gasteiger partial charge in [0.2, 0.25) is 0 Å². The molecule has 2 aromatic rings. The number of rotatable bonds is 4. The lowest BCUT2D eigenvalue weighted by Gasteiger charge is -2.05. The van der Waals surface area contributed by atoms with Crippen molar-refractivity contribution in [1.29, 1.82) is 0 Å². The molecule has 0 radical (unpaired) electrons. The Bertz CT molecular complexity index is 820. The van der Waals surface area contributed by atoms with Crippen LogP contribution >= 0.6 is 11.6 Å². The highest BCUT2D eigenvalue weighted by Crippen LogP contribution is 2.20. The van der Waals surface area contributed by atoms with Gasteiger partial charge in [-0.25, -0.2) is 9.37 Å². The van der Waals surface area contributed by atoms with Crippen LogP contribution in [0.3, 0.4) is 0 Å². The topological polar surface area (TPSA) is 73.5 Å². The molecule has 0 saturated carbocycles. The summed E-state index contributed by atoms with van der Waals surface area (Å²) in [6.45, 7) is 0.0897. The van der Waals surface area contributed by atoms with Crippen LogP contribution in [0.25, 0.3) is 0 Å². The van der Waals surface area contributed by atoms with E-state index in [-0.39, 0.29) is 22.1 Å². The fourth-order valence-electron chi connectivity index (χ4n) is 1.52. The largest absolute Gasteiger partial charge is 0.364 e. The smallest absolute Gasteiger partial charge is 0.284 e. The zero-order chi connectivity index (χ0) is 15.5. The maximum absolute atomic E-state index is 13.1. The Hall–Kier alpha value is -1.77. The molecule has 0 bridgehead atoms. The maximum atomic E-state index is 13.1. The number of methoxy groups -OCH3 is 1. The number of hydrogen-bond acceptors (Lipinski definition) is 4. The minimum atomic E-state index is -4.02. The van der Waals surface area contributed by atoms with Crippen LogP contribution in [0.5, 0.6) is 0 Å². The molecule has 0 aliphatic carbocycles. The van der Waals surface area contributed by atoms with Crippen molar-refractivity contribution in [2.24, 2.45) is 4.40 Å². The first-order valence-corrected chi connectivity index (χ1v) is 7.51. The van der Waals surface area contributed by atoms with Crippen molar-refractivity contribution in [3.05, 3.63) is 53.1 Å². The summed E-state index contributed by atoms with van der Waals surface area (Å²) in [7, 11) is -2.57. The summed E-state index contributed by atoms with van der Waals surface area (Å²) < 4.78 is 47.5. The first kappa shape index (κ1) is 15.6. The molecule has 0 spiro atoms. The van der Waals surface area contributed by atoms with Crippen LogP contribution in [0.4, 0.5) is 4.39 Å². The lowest BCUT2D eigenvalue weighted by molar-refractivity contribution is 0.126. The van der Waals surface area contributed by atoms with Gasteiger partial charge in [-0.1, -0.05) is 11.6 Å². The summed E-state index contributed by atoms with van der Waals surface area (Å²) in [5, 5.41) is -0.286. The fourth-order valence-corrected chi connectivity index (χ4v) is 2.79. The highest BCUT2D eigenvalue weighted by atomic mass is 35.5. The average molecular weight is 332 g/mol. The van der Waals surface area contributed by atoms with E-state index in [0.717, 1.165) is 18.2 Å². The monoisotopic (exact) mass is 331 g/mol. The van der Waals surface area contributed by atoms with Crippen LogP contribution in [-0.2, 0) is 21.5 Å². The van der Waals surface area contributed by atoms with E-state index >= 15 is 0 Å². The minimum Gasteiger partial charge on any atom is -0.364 e. The molecular formula is C12H11ClFN3O3S. The molecule has 1 heterocycles. The van der Waals surface area contributed by atoms with Gasteiger partial charge in [-0.05, 0) is 18.2 Å². The Kier molecular flexibility index (Phi) is 4.71. The zero-order valence-corrected chi connectivity index (χ0v) is 12.5. The van der Waals surface area contributed by atoms with E-state index in [1.807, 2.05) is 0 Å². The van der Waals surface area contributed by atoms with Crippen LogP contribution in [0.15, 0.2) is 46.1 Å². The summed E-state index contributed by atoms with van der Waals surface area (Å²) >= 11 is 5.59. The van der Waals surface area contributed by atoms with Gasteiger partial charge in [-0.2, -0.15) is 8.42 Å². The first-order valence-electron chi connectivity index (χ1n) is 5.69. The van der Waals surface area contributed by atoms with Gasteiger partial charge in [-0.15, -0.1) is 4.40 Å². The number of benzene rings is 1. The molecule has 21 heavy (non-hydrogen) atoms. The van der Waals surface area contributed by atoms with Gasteiger partial charge in [0.25, 0.3) is 10.0 Å². The molecular weight excluding hydrogens is 321 g/mol. The second-order valence-electron chi connectivity index (χ2n) is 3.97. The Morgan fingerprint density at radius 1 is 1.43 bits per heavy atom. The minimum absolute atomic E-state index is 0.0897. The number of sulfonamides is 1. The molecule has 0 amide bonds. The first-order chi connectivity index (χ1) is 9.94. The molecule has 0 aliphatic heterocycles. The van der Waals surface area contributed by atoms with Crippen LogP contribution in [0.1, 0.15) is 0 Å². The van der Waals surface area contributed by atoms with Gasteiger partial charge in [-0.3, -0.25) is 4.57 Å². The lowest BCUT2D eigenvalue weighted by Crippen LogP contribution is -2.23. The van der Waals surface area contributed by atoms with Crippen molar-refractivity contribution < 1.29 is 17.5 Å². The van der Waals surface area contributed by atoms with E-state index < -0.39 is 15.8 Å². The predicted molar refractivity (Wildman–Crippen MR) is 73.4 cm³/mol. The molecule has 0 fully saturated rings. The Morgan fingerprint density at radius 2 is 2.19 bits per heavy atom. The molecule has 1 aromatic carbocycles. The van der Waals surface area contributed by atoms with Crippen molar-refractivity contribution in [1.82, 2.24) is 9.55 Å². The fraction of sp³-hybridized carbons (Fsp3) is 0.167. The maximum Gasteiger partial charge on any atom is 0.284 e. The van der Waals surface area contributed by atoms with E-state index in [1.54, 1.807) is 0 Å². The van der Waals surface area contributed by atoms with Gasteiger partial charge in [0, 0.05) is 19.4 Å². The van der Waals surface area contributed by atoms with Crippen molar-refractivity contribution in [2.45, 2.75) is 11.6 Å². The van der Waals surface area contributed by atoms with Gasteiger partial charge in [0.15, 0.2) is 5.49 Å². The Labute approximate surface area is 125 Å². The van der Waals surface area contributed by atoms with E-state index in [0.29, 0.717) is 0 Å². The van der Waals surface area contributed by atoms with E-state index in [2.05, 4.69) is 9.38 Å². The number of aromatic nitrogens is 2. The number of halogens is 2. The van der Waals surface area contributed by atoms with E-state index in [1.165, 1.54) is 30.3 Å². The summed E-state index contributed by atoms with van der Waals surface area (Å²) in [4.78, 5) is 3.65. The van der Waals surface area contributed by atoms with Crippen LogP contribution in [-0.4, -0.2) is 25.1 Å². The summed E-state index contributed by atoms with van der Waals surface area (Å²) in [5.41, 5.74) is 0.132. The molecule has 6 nitrogen and oxygen atoms in total. The molecule has 0 unspecified atom stereocenters. The second-order valence-corrected chi connectivity index (χ2v) is 5.98. The third-order valence-electron chi connectivity index (χ3n) is 2.48. The molecule has 0 atom stereocenters.